The fourth-order valence-corrected chi connectivity index (χ4v) is 2.93. The van der Waals surface area contributed by atoms with E-state index < -0.39 is 0 Å². The number of rotatable bonds is 6. The molecule has 1 aliphatic rings. The quantitative estimate of drug-likeness (QED) is 0.801. The Morgan fingerprint density at radius 2 is 2.28 bits per heavy atom. The lowest BCUT2D eigenvalue weighted by molar-refractivity contribution is 0.172. The zero-order chi connectivity index (χ0) is 12.8. The summed E-state index contributed by atoms with van der Waals surface area (Å²) >= 11 is 5.92. The van der Waals surface area contributed by atoms with Gasteiger partial charge in [-0.25, -0.2) is 0 Å². The predicted octanol–water partition coefficient (Wildman–Crippen LogP) is 2.95. The zero-order valence-corrected chi connectivity index (χ0v) is 11.7. The van der Waals surface area contributed by atoms with E-state index in [4.69, 9.17) is 16.3 Å². The predicted molar refractivity (Wildman–Crippen MR) is 76.5 cm³/mol. The molecule has 2 unspecified atom stereocenters. The zero-order valence-electron chi connectivity index (χ0n) is 11.0. The van der Waals surface area contributed by atoms with E-state index in [1.165, 1.54) is 30.4 Å². The number of alkyl halides is 1. The summed E-state index contributed by atoms with van der Waals surface area (Å²) in [5.41, 5.74) is 3.03. The normalized spacial score (nSPS) is 20.4. The van der Waals surface area contributed by atoms with Crippen LogP contribution in [0.5, 0.6) is 0 Å². The Morgan fingerprint density at radius 1 is 1.44 bits per heavy atom. The third-order valence-electron chi connectivity index (χ3n) is 3.70. The van der Waals surface area contributed by atoms with E-state index in [0.717, 1.165) is 6.54 Å². The minimum atomic E-state index is 0.255. The van der Waals surface area contributed by atoms with E-state index in [1.54, 1.807) is 7.11 Å². The fourth-order valence-electron chi connectivity index (χ4n) is 2.73. The molecule has 0 aromatic heterocycles. The number of hydrogen-bond acceptors (Lipinski definition) is 2. The molecule has 2 rings (SSSR count). The summed E-state index contributed by atoms with van der Waals surface area (Å²) in [6, 6.07) is 9.07. The van der Waals surface area contributed by atoms with Crippen molar-refractivity contribution in [1.82, 2.24) is 5.32 Å². The molecule has 100 valence electrons. The third kappa shape index (κ3) is 3.47. The topological polar surface area (TPSA) is 21.3 Å². The van der Waals surface area contributed by atoms with Crippen molar-refractivity contribution < 1.29 is 4.74 Å². The molecule has 18 heavy (non-hydrogen) atoms. The molecule has 0 aliphatic heterocycles. The lowest BCUT2D eigenvalue weighted by Gasteiger charge is -2.27. The molecule has 0 saturated carbocycles. The van der Waals surface area contributed by atoms with Crippen molar-refractivity contribution in [2.24, 2.45) is 0 Å². The monoisotopic (exact) mass is 267 g/mol. The average molecular weight is 268 g/mol. The van der Waals surface area contributed by atoms with E-state index in [-0.39, 0.29) is 6.04 Å². The molecule has 2 nitrogen and oxygen atoms in total. The lowest BCUT2D eigenvalue weighted by Crippen LogP contribution is -2.38. The van der Waals surface area contributed by atoms with Gasteiger partial charge in [0.1, 0.15) is 0 Å². The Kier molecular flexibility index (Phi) is 5.48. The van der Waals surface area contributed by atoms with Gasteiger partial charge in [0.25, 0.3) is 0 Å². The smallest absolute Gasteiger partial charge is 0.0627 e. The summed E-state index contributed by atoms with van der Waals surface area (Å²) in [6.07, 6.45) is 3.79. The first-order valence-corrected chi connectivity index (χ1v) is 7.24. The van der Waals surface area contributed by atoms with Crippen molar-refractivity contribution >= 4 is 11.6 Å². The highest BCUT2D eigenvalue weighted by atomic mass is 35.5. The Labute approximate surface area is 115 Å². The van der Waals surface area contributed by atoms with Crippen LogP contribution in [-0.2, 0) is 11.2 Å². The summed E-state index contributed by atoms with van der Waals surface area (Å²) < 4.78 is 5.16. The van der Waals surface area contributed by atoms with Crippen LogP contribution >= 0.6 is 11.6 Å². The number of benzene rings is 1. The van der Waals surface area contributed by atoms with Crippen LogP contribution in [0.15, 0.2) is 24.3 Å². The van der Waals surface area contributed by atoms with Gasteiger partial charge in [-0.3, -0.25) is 0 Å². The van der Waals surface area contributed by atoms with E-state index >= 15 is 0 Å². The van der Waals surface area contributed by atoms with Crippen molar-refractivity contribution in [2.75, 3.05) is 26.1 Å². The molecule has 1 aromatic rings. The second-order valence-corrected chi connectivity index (χ2v) is 5.31. The SMILES string of the molecule is COCC(CCl)NCC1CCCc2ccccc21. The standard InChI is InChI=1S/C15H22ClNO/c1-18-11-14(9-16)17-10-13-7-4-6-12-5-2-3-8-15(12)13/h2-3,5,8,13-14,17H,4,6-7,9-11H2,1H3. The third-order valence-corrected chi connectivity index (χ3v) is 4.07. The average Bonchev–Trinajstić information content (AvgIpc) is 2.43. The van der Waals surface area contributed by atoms with Crippen LogP contribution in [0.2, 0.25) is 0 Å². The Morgan fingerprint density at radius 3 is 3.06 bits per heavy atom. The number of fused-ring (bicyclic) bond motifs is 1. The first-order chi connectivity index (χ1) is 8.85. The van der Waals surface area contributed by atoms with Gasteiger partial charge in [0, 0.05) is 25.6 Å². The highest BCUT2D eigenvalue weighted by Crippen LogP contribution is 2.30. The first-order valence-electron chi connectivity index (χ1n) is 6.71. The molecule has 1 N–H and O–H groups in total. The molecule has 1 aromatic carbocycles. The Bertz CT molecular complexity index is 369. The molecule has 3 heteroatoms. The summed E-state index contributed by atoms with van der Waals surface area (Å²) in [7, 11) is 1.72. The maximum absolute atomic E-state index is 5.92. The molecule has 0 amide bonds. The minimum Gasteiger partial charge on any atom is -0.383 e. The van der Waals surface area contributed by atoms with Gasteiger partial charge in [-0.15, -0.1) is 11.6 Å². The summed E-state index contributed by atoms with van der Waals surface area (Å²) in [5, 5.41) is 3.52. The number of methoxy groups -OCH3 is 1. The largest absolute Gasteiger partial charge is 0.383 e. The van der Waals surface area contributed by atoms with Gasteiger partial charge in [-0.2, -0.15) is 0 Å². The van der Waals surface area contributed by atoms with Crippen molar-refractivity contribution in [3.05, 3.63) is 35.4 Å². The molecule has 0 saturated heterocycles. The molecule has 0 spiro atoms. The number of halogens is 1. The van der Waals surface area contributed by atoms with E-state index in [1.807, 2.05) is 0 Å². The summed E-state index contributed by atoms with van der Waals surface area (Å²) in [5.74, 6) is 1.22. The molecule has 1 aliphatic carbocycles. The van der Waals surface area contributed by atoms with Crippen molar-refractivity contribution in [3.63, 3.8) is 0 Å². The van der Waals surface area contributed by atoms with Gasteiger partial charge in [-0.1, -0.05) is 24.3 Å². The summed E-state index contributed by atoms with van der Waals surface area (Å²) in [6.45, 7) is 1.68. The molecule has 0 radical (unpaired) electrons. The number of nitrogens with one attached hydrogen (secondary N) is 1. The molecule has 0 heterocycles. The molecular formula is C15H22ClNO. The van der Waals surface area contributed by atoms with Gasteiger partial charge in [0.05, 0.1) is 6.61 Å². The van der Waals surface area contributed by atoms with Crippen molar-refractivity contribution in [3.8, 4) is 0 Å². The number of ether oxygens (including phenoxy) is 1. The number of hydrogen-bond donors (Lipinski definition) is 1. The van der Waals surface area contributed by atoms with Crippen LogP contribution in [0.4, 0.5) is 0 Å². The molecule has 0 fully saturated rings. The minimum absolute atomic E-state index is 0.255. The highest BCUT2D eigenvalue weighted by molar-refractivity contribution is 6.18. The van der Waals surface area contributed by atoms with Crippen LogP contribution in [0, 0.1) is 0 Å². The van der Waals surface area contributed by atoms with Crippen LogP contribution in [0.1, 0.15) is 29.9 Å². The highest BCUT2D eigenvalue weighted by Gasteiger charge is 2.20. The van der Waals surface area contributed by atoms with Crippen LogP contribution < -0.4 is 5.32 Å². The first kappa shape index (κ1) is 13.9. The van der Waals surface area contributed by atoms with Crippen LogP contribution in [0.3, 0.4) is 0 Å². The second kappa shape index (κ2) is 7.13. The van der Waals surface area contributed by atoms with Crippen LogP contribution in [-0.4, -0.2) is 32.2 Å². The van der Waals surface area contributed by atoms with Gasteiger partial charge in [-0.05, 0) is 36.3 Å². The van der Waals surface area contributed by atoms with Crippen molar-refractivity contribution in [2.45, 2.75) is 31.2 Å². The van der Waals surface area contributed by atoms with E-state index in [0.29, 0.717) is 18.4 Å². The maximum Gasteiger partial charge on any atom is 0.0627 e. The van der Waals surface area contributed by atoms with Gasteiger partial charge >= 0.3 is 0 Å². The second-order valence-electron chi connectivity index (χ2n) is 5.00. The van der Waals surface area contributed by atoms with Crippen LogP contribution in [0.25, 0.3) is 0 Å². The Hall–Kier alpha value is -0.570. The number of aryl methyl sites for hydroxylation is 1. The van der Waals surface area contributed by atoms with Crippen molar-refractivity contribution in [1.29, 1.82) is 0 Å². The van der Waals surface area contributed by atoms with Gasteiger partial charge in [0.15, 0.2) is 0 Å². The van der Waals surface area contributed by atoms with E-state index in [2.05, 4.69) is 29.6 Å². The van der Waals surface area contributed by atoms with Gasteiger partial charge < -0.3 is 10.1 Å². The maximum atomic E-state index is 5.92. The van der Waals surface area contributed by atoms with Gasteiger partial charge in [0.2, 0.25) is 0 Å². The molecule has 0 bridgehead atoms. The summed E-state index contributed by atoms with van der Waals surface area (Å²) in [4.78, 5) is 0. The lowest BCUT2D eigenvalue weighted by atomic mass is 9.83. The fraction of sp³-hybridized carbons (Fsp3) is 0.600. The molecular weight excluding hydrogens is 246 g/mol. The Balaban J connectivity index is 1.94. The van der Waals surface area contributed by atoms with E-state index in [9.17, 15) is 0 Å². The molecule has 2 atom stereocenters.